The molecule has 1 heterocycles. The fourth-order valence-corrected chi connectivity index (χ4v) is 1.13. The molecule has 0 saturated carbocycles. The third-order valence-corrected chi connectivity index (χ3v) is 1.98. The zero-order valence-corrected chi connectivity index (χ0v) is 7.96. The van der Waals surface area contributed by atoms with E-state index < -0.39 is 0 Å². The maximum atomic E-state index is 3.96. The topological polar surface area (TPSA) is 3.24 Å². The van der Waals surface area contributed by atoms with Crippen LogP contribution in [0.5, 0.6) is 0 Å². The van der Waals surface area contributed by atoms with Gasteiger partial charge in [-0.25, -0.2) is 0 Å². The van der Waals surface area contributed by atoms with E-state index in [9.17, 15) is 0 Å². The van der Waals surface area contributed by atoms with Crippen LogP contribution in [-0.4, -0.2) is 11.4 Å². The second-order valence-corrected chi connectivity index (χ2v) is 3.57. The molecule has 0 radical (unpaired) electrons. The Morgan fingerprint density at radius 1 is 1.42 bits per heavy atom. The van der Waals surface area contributed by atoms with Crippen LogP contribution in [0.15, 0.2) is 36.7 Å². The molecule has 0 fully saturated rings. The molecule has 0 aromatic rings. The average Bonchev–Trinajstić information content (AvgIpc) is 2.03. The molecule has 0 saturated heterocycles. The predicted octanol–water partition coefficient (Wildman–Crippen LogP) is 2.93. The van der Waals surface area contributed by atoms with Gasteiger partial charge in [0.05, 0.1) is 0 Å². The van der Waals surface area contributed by atoms with Crippen LogP contribution in [0.2, 0.25) is 0 Å². The molecule has 0 amide bonds. The van der Waals surface area contributed by atoms with Gasteiger partial charge in [-0.1, -0.05) is 26.5 Å². The van der Waals surface area contributed by atoms with Crippen LogP contribution in [0, 0.1) is 5.92 Å². The van der Waals surface area contributed by atoms with Gasteiger partial charge in [0.2, 0.25) is 0 Å². The van der Waals surface area contributed by atoms with Crippen molar-refractivity contribution in [2.75, 3.05) is 6.54 Å². The second-order valence-electron chi connectivity index (χ2n) is 3.57. The second kappa shape index (κ2) is 4.15. The van der Waals surface area contributed by atoms with Crippen molar-refractivity contribution in [2.45, 2.75) is 20.3 Å². The first kappa shape index (κ1) is 9.11. The first-order chi connectivity index (χ1) is 5.70. The lowest BCUT2D eigenvalue weighted by Gasteiger charge is -2.23. The van der Waals surface area contributed by atoms with Gasteiger partial charge in [-0.15, -0.1) is 0 Å². The molecule has 1 aliphatic heterocycles. The molecule has 0 aromatic carbocycles. The SMILES string of the molecule is C=C1C=CC=CN1CCC(C)C. The van der Waals surface area contributed by atoms with Crippen LogP contribution < -0.4 is 0 Å². The number of rotatable bonds is 3. The summed E-state index contributed by atoms with van der Waals surface area (Å²) in [6, 6.07) is 0. The monoisotopic (exact) mass is 163 g/mol. The Bertz CT molecular complexity index is 211. The van der Waals surface area contributed by atoms with E-state index in [0.717, 1.165) is 18.2 Å². The van der Waals surface area contributed by atoms with Crippen molar-refractivity contribution >= 4 is 0 Å². The lowest BCUT2D eigenvalue weighted by molar-refractivity contribution is 0.419. The highest BCUT2D eigenvalue weighted by Gasteiger charge is 2.04. The summed E-state index contributed by atoms with van der Waals surface area (Å²) in [4.78, 5) is 2.19. The van der Waals surface area contributed by atoms with Gasteiger partial charge in [0.1, 0.15) is 0 Å². The largest absolute Gasteiger partial charge is 0.348 e. The lowest BCUT2D eigenvalue weighted by atomic mass is 10.1. The van der Waals surface area contributed by atoms with Gasteiger partial charge >= 0.3 is 0 Å². The van der Waals surface area contributed by atoms with Gasteiger partial charge in [0, 0.05) is 18.4 Å². The van der Waals surface area contributed by atoms with Crippen LogP contribution >= 0.6 is 0 Å². The molecule has 66 valence electrons. The van der Waals surface area contributed by atoms with E-state index in [1.165, 1.54) is 6.42 Å². The first-order valence-corrected chi connectivity index (χ1v) is 4.50. The van der Waals surface area contributed by atoms with E-state index in [4.69, 9.17) is 0 Å². The highest BCUT2D eigenvalue weighted by atomic mass is 15.1. The summed E-state index contributed by atoms with van der Waals surface area (Å²) in [5.41, 5.74) is 1.10. The minimum atomic E-state index is 0.761. The number of hydrogen-bond acceptors (Lipinski definition) is 1. The van der Waals surface area contributed by atoms with Crippen molar-refractivity contribution in [2.24, 2.45) is 5.92 Å². The van der Waals surface area contributed by atoms with Crippen molar-refractivity contribution < 1.29 is 0 Å². The first-order valence-electron chi connectivity index (χ1n) is 4.50. The molecule has 0 aliphatic carbocycles. The van der Waals surface area contributed by atoms with E-state index in [0.29, 0.717) is 0 Å². The molecule has 1 rings (SSSR count). The zero-order chi connectivity index (χ0) is 8.97. The van der Waals surface area contributed by atoms with E-state index in [1.54, 1.807) is 0 Å². The summed E-state index contributed by atoms with van der Waals surface area (Å²) in [5, 5.41) is 0. The highest BCUT2D eigenvalue weighted by molar-refractivity contribution is 5.25. The van der Waals surface area contributed by atoms with Crippen LogP contribution in [0.25, 0.3) is 0 Å². The van der Waals surface area contributed by atoms with Crippen LogP contribution in [0.1, 0.15) is 20.3 Å². The van der Waals surface area contributed by atoms with Crippen molar-refractivity contribution in [1.82, 2.24) is 4.90 Å². The van der Waals surface area contributed by atoms with Crippen LogP contribution in [0.4, 0.5) is 0 Å². The molecule has 0 aromatic heterocycles. The van der Waals surface area contributed by atoms with E-state index >= 15 is 0 Å². The summed E-state index contributed by atoms with van der Waals surface area (Å²) >= 11 is 0. The summed E-state index contributed by atoms with van der Waals surface area (Å²) < 4.78 is 0. The molecule has 12 heavy (non-hydrogen) atoms. The van der Waals surface area contributed by atoms with Gasteiger partial charge in [0.15, 0.2) is 0 Å². The highest BCUT2D eigenvalue weighted by Crippen LogP contribution is 2.12. The molecule has 0 bridgehead atoms. The third kappa shape index (κ3) is 2.57. The van der Waals surface area contributed by atoms with Gasteiger partial charge in [-0.05, 0) is 24.5 Å². The molecule has 1 aliphatic rings. The molecule has 0 spiro atoms. The number of allylic oxidation sites excluding steroid dienone is 3. The van der Waals surface area contributed by atoms with Crippen molar-refractivity contribution in [3.8, 4) is 0 Å². The van der Waals surface area contributed by atoms with E-state index in [-0.39, 0.29) is 0 Å². The fraction of sp³-hybridized carbons (Fsp3) is 0.455. The maximum Gasteiger partial charge on any atom is 0.0333 e. The Labute approximate surface area is 75.1 Å². The van der Waals surface area contributed by atoms with E-state index in [1.807, 2.05) is 12.2 Å². The average molecular weight is 163 g/mol. The van der Waals surface area contributed by atoms with Crippen molar-refractivity contribution in [1.29, 1.82) is 0 Å². The van der Waals surface area contributed by atoms with Crippen LogP contribution in [-0.2, 0) is 0 Å². The standard InChI is InChI=1S/C11H17N/c1-10(2)7-9-12-8-5-4-6-11(12)3/h4-6,8,10H,3,7,9H2,1-2H3. The number of nitrogens with zero attached hydrogens (tertiary/aromatic N) is 1. The quantitative estimate of drug-likeness (QED) is 0.618. The molecule has 0 unspecified atom stereocenters. The van der Waals surface area contributed by atoms with Crippen molar-refractivity contribution in [3.05, 3.63) is 36.7 Å². The maximum absolute atomic E-state index is 3.96. The molecular weight excluding hydrogens is 146 g/mol. The molecule has 0 atom stereocenters. The lowest BCUT2D eigenvalue weighted by Crippen LogP contribution is -2.18. The minimum absolute atomic E-state index is 0.761. The Morgan fingerprint density at radius 2 is 2.17 bits per heavy atom. The number of hydrogen-bond donors (Lipinski definition) is 0. The Kier molecular flexibility index (Phi) is 3.15. The smallest absolute Gasteiger partial charge is 0.0333 e. The predicted molar refractivity (Wildman–Crippen MR) is 53.6 cm³/mol. The summed E-state index contributed by atoms with van der Waals surface area (Å²) in [7, 11) is 0. The van der Waals surface area contributed by atoms with Gasteiger partial charge in [-0.3, -0.25) is 0 Å². The van der Waals surface area contributed by atoms with Gasteiger partial charge in [-0.2, -0.15) is 0 Å². The minimum Gasteiger partial charge on any atom is -0.348 e. The summed E-state index contributed by atoms with van der Waals surface area (Å²) in [5.74, 6) is 0.761. The van der Waals surface area contributed by atoms with Crippen molar-refractivity contribution in [3.63, 3.8) is 0 Å². The summed E-state index contributed by atoms with van der Waals surface area (Å²) in [6.45, 7) is 9.53. The molecule has 1 nitrogen and oxygen atoms in total. The van der Waals surface area contributed by atoms with E-state index in [2.05, 4.69) is 37.6 Å². The normalized spacial score (nSPS) is 16.2. The molecule has 0 N–H and O–H groups in total. The Morgan fingerprint density at radius 3 is 2.75 bits per heavy atom. The molecule has 1 heteroatoms. The van der Waals surface area contributed by atoms with Gasteiger partial charge < -0.3 is 4.90 Å². The molecular formula is C11H17N. The fourth-order valence-electron chi connectivity index (χ4n) is 1.13. The van der Waals surface area contributed by atoms with Crippen LogP contribution in [0.3, 0.4) is 0 Å². The Balaban J connectivity index is 2.37. The van der Waals surface area contributed by atoms with Gasteiger partial charge in [0.25, 0.3) is 0 Å². The third-order valence-electron chi connectivity index (χ3n) is 1.98. The zero-order valence-electron chi connectivity index (χ0n) is 7.96. The Hall–Kier alpha value is -0.980. The summed E-state index contributed by atoms with van der Waals surface area (Å²) in [6.07, 6.45) is 9.42.